The van der Waals surface area contributed by atoms with Crippen LogP contribution in [0.4, 0.5) is 21.0 Å². The Hall–Kier alpha value is -2.77. The van der Waals surface area contributed by atoms with E-state index in [-0.39, 0.29) is 29.9 Å². The Balaban J connectivity index is 1.46. The Bertz CT molecular complexity index is 748. The first-order valence-corrected chi connectivity index (χ1v) is 11.0. The Morgan fingerprint density at radius 2 is 1.73 bits per heavy atom. The van der Waals surface area contributed by atoms with Gasteiger partial charge in [0.15, 0.2) is 0 Å². The maximum absolute atomic E-state index is 12.6. The van der Waals surface area contributed by atoms with Gasteiger partial charge in [-0.25, -0.2) is 9.59 Å². The molecule has 8 heteroatoms. The molecule has 164 valence electrons. The Labute approximate surface area is 178 Å². The minimum Gasteiger partial charge on any atom is -0.356 e. The summed E-state index contributed by atoms with van der Waals surface area (Å²) in [5, 5.41) is 11.5. The summed E-state index contributed by atoms with van der Waals surface area (Å²) in [7, 11) is 0. The van der Waals surface area contributed by atoms with Gasteiger partial charge in [-0.05, 0) is 69.2 Å². The van der Waals surface area contributed by atoms with Crippen molar-refractivity contribution in [1.82, 2.24) is 15.5 Å². The van der Waals surface area contributed by atoms with Gasteiger partial charge < -0.3 is 26.2 Å². The van der Waals surface area contributed by atoms with Crippen LogP contribution in [0.1, 0.15) is 46.0 Å². The molecule has 1 aliphatic carbocycles. The smallest absolute Gasteiger partial charge is 0.321 e. The van der Waals surface area contributed by atoms with Gasteiger partial charge in [-0.15, -0.1) is 0 Å². The second-order valence-electron chi connectivity index (χ2n) is 8.39. The first-order valence-electron chi connectivity index (χ1n) is 11.0. The molecule has 0 unspecified atom stereocenters. The van der Waals surface area contributed by atoms with Crippen LogP contribution in [0, 0.1) is 11.8 Å². The van der Waals surface area contributed by atoms with E-state index in [1.807, 2.05) is 13.8 Å². The summed E-state index contributed by atoms with van der Waals surface area (Å²) in [6, 6.07) is 6.64. The van der Waals surface area contributed by atoms with Gasteiger partial charge in [0.2, 0.25) is 5.91 Å². The molecule has 3 rings (SSSR count). The van der Waals surface area contributed by atoms with Crippen molar-refractivity contribution >= 4 is 29.3 Å². The number of likely N-dealkylation sites (tertiary alicyclic amines) is 1. The van der Waals surface area contributed by atoms with Gasteiger partial charge in [0.1, 0.15) is 0 Å². The number of amides is 5. The summed E-state index contributed by atoms with van der Waals surface area (Å²) >= 11 is 0. The quantitative estimate of drug-likeness (QED) is 0.549. The van der Waals surface area contributed by atoms with Crippen LogP contribution in [0.15, 0.2) is 24.3 Å². The molecule has 1 aromatic carbocycles. The van der Waals surface area contributed by atoms with Gasteiger partial charge >= 0.3 is 12.1 Å². The Morgan fingerprint density at radius 3 is 2.37 bits per heavy atom. The molecule has 2 fully saturated rings. The van der Waals surface area contributed by atoms with Crippen LogP contribution in [-0.2, 0) is 4.79 Å². The van der Waals surface area contributed by atoms with Gasteiger partial charge in [0, 0.05) is 37.1 Å². The van der Waals surface area contributed by atoms with Crippen LogP contribution >= 0.6 is 0 Å². The second-order valence-corrected chi connectivity index (χ2v) is 8.39. The van der Waals surface area contributed by atoms with E-state index in [0.29, 0.717) is 30.4 Å². The summed E-state index contributed by atoms with van der Waals surface area (Å²) in [6.45, 7) is 5.80. The van der Waals surface area contributed by atoms with E-state index in [1.165, 1.54) is 12.8 Å². The van der Waals surface area contributed by atoms with E-state index in [9.17, 15) is 14.4 Å². The van der Waals surface area contributed by atoms with Crippen LogP contribution in [0.5, 0.6) is 0 Å². The maximum atomic E-state index is 12.6. The van der Waals surface area contributed by atoms with Crippen LogP contribution in [0.25, 0.3) is 0 Å². The van der Waals surface area contributed by atoms with E-state index in [4.69, 9.17) is 0 Å². The summed E-state index contributed by atoms with van der Waals surface area (Å²) in [5.41, 5.74) is 1.30. The number of piperidine rings is 1. The largest absolute Gasteiger partial charge is 0.356 e. The van der Waals surface area contributed by atoms with Crippen LogP contribution in [0.3, 0.4) is 0 Å². The molecule has 1 saturated heterocycles. The average molecular weight is 416 g/mol. The summed E-state index contributed by atoms with van der Waals surface area (Å²) < 4.78 is 0. The standard InChI is InChI=1S/C22H33N5O3/c1-3-15(2)24-21(29)25-18-8-10-19(11-9-18)26-22(30)27-12-4-5-17(14-27)20(28)23-13-16-6-7-16/h8-11,15-17H,3-7,12-14H2,1-2H3,(H,23,28)(H,26,30)(H2,24,25,29)/t15-,17-/m0/s1. The fourth-order valence-corrected chi connectivity index (χ4v) is 3.42. The molecule has 1 aliphatic heterocycles. The number of carbonyl (C=O) groups excluding carboxylic acids is 3. The van der Waals surface area contributed by atoms with Crippen molar-refractivity contribution in [1.29, 1.82) is 0 Å². The monoisotopic (exact) mass is 415 g/mol. The van der Waals surface area contributed by atoms with E-state index in [1.54, 1.807) is 29.2 Å². The first-order chi connectivity index (χ1) is 14.4. The molecule has 8 nitrogen and oxygen atoms in total. The molecule has 4 N–H and O–H groups in total. The summed E-state index contributed by atoms with van der Waals surface area (Å²) in [6.07, 6.45) is 4.91. The zero-order chi connectivity index (χ0) is 21.5. The minimum atomic E-state index is -0.250. The Kier molecular flexibility index (Phi) is 7.54. The van der Waals surface area contributed by atoms with Crippen molar-refractivity contribution in [2.75, 3.05) is 30.3 Å². The van der Waals surface area contributed by atoms with Crippen molar-refractivity contribution < 1.29 is 14.4 Å². The number of urea groups is 2. The second kappa shape index (κ2) is 10.3. The van der Waals surface area contributed by atoms with E-state index < -0.39 is 0 Å². The van der Waals surface area contributed by atoms with Crippen molar-refractivity contribution in [3.05, 3.63) is 24.3 Å². The van der Waals surface area contributed by atoms with Crippen LogP contribution in [0.2, 0.25) is 0 Å². The van der Waals surface area contributed by atoms with E-state index >= 15 is 0 Å². The number of nitrogens with one attached hydrogen (secondary N) is 4. The lowest BCUT2D eigenvalue weighted by atomic mass is 9.97. The van der Waals surface area contributed by atoms with Crippen LogP contribution in [-0.4, -0.2) is 48.5 Å². The SMILES string of the molecule is CC[C@H](C)NC(=O)Nc1ccc(NC(=O)N2CCC[C@H](C(=O)NCC3CC3)C2)cc1. The minimum absolute atomic E-state index is 0.0606. The van der Waals surface area contributed by atoms with Crippen LogP contribution < -0.4 is 21.3 Å². The molecule has 1 aromatic rings. The number of hydrogen-bond donors (Lipinski definition) is 4. The van der Waals surface area contributed by atoms with Crippen molar-refractivity contribution in [3.8, 4) is 0 Å². The third kappa shape index (κ3) is 6.64. The highest BCUT2D eigenvalue weighted by Crippen LogP contribution is 2.28. The molecule has 0 bridgehead atoms. The highest BCUT2D eigenvalue weighted by atomic mass is 16.2. The molecular weight excluding hydrogens is 382 g/mol. The van der Waals surface area contributed by atoms with Crippen molar-refractivity contribution in [2.45, 2.75) is 52.0 Å². The molecule has 0 radical (unpaired) electrons. The van der Waals surface area contributed by atoms with E-state index in [0.717, 1.165) is 25.8 Å². The molecule has 30 heavy (non-hydrogen) atoms. The topological polar surface area (TPSA) is 103 Å². The fraction of sp³-hybridized carbons (Fsp3) is 0.591. The van der Waals surface area contributed by atoms with Gasteiger partial charge in [0.25, 0.3) is 0 Å². The molecule has 5 amide bonds. The van der Waals surface area contributed by atoms with Crippen molar-refractivity contribution in [2.24, 2.45) is 11.8 Å². The number of carbonyl (C=O) groups is 3. The first kappa shape index (κ1) is 21.9. The van der Waals surface area contributed by atoms with Gasteiger partial charge in [0.05, 0.1) is 5.92 Å². The number of hydrogen-bond acceptors (Lipinski definition) is 3. The van der Waals surface area contributed by atoms with Gasteiger partial charge in [-0.2, -0.15) is 0 Å². The van der Waals surface area contributed by atoms with Crippen molar-refractivity contribution in [3.63, 3.8) is 0 Å². The third-order valence-corrected chi connectivity index (χ3v) is 5.73. The van der Waals surface area contributed by atoms with Gasteiger partial charge in [-0.3, -0.25) is 4.79 Å². The average Bonchev–Trinajstić information content (AvgIpc) is 3.58. The predicted molar refractivity (Wildman–Crippen MR) is 117 cm³/mol. The lowest BCUT2D eigenvalue weighted by Gasteiger charge is -2.32. The lowest BCUT2D eigenvalue weighted by molar-refractivity contribution is -0.126. The lowest BCUT2D eigenvalue weighted by Crippen LogP contribution is -2.47. The molecule has 0 spiro atoms. The number of rotatable bonds is 7. The molecule has 2 atom stereocenters. The number of benzene rings is 1. The number of anilines is 2. The maximum Gasteiger partial charge on any atom is 0.321 e. The molecule has 0 aromatic heterocycles. The normalized spacial score (nSPS) is 19.5. The highest BCUT2D eigenvalue weighted by molar-refractivity contribution is 5.92. The Morgan fingerprint density at radius 1 is 1.07 bits per heavy atom. The zero-order valence-corrected chi connectivity index (χ0v) is 17.9. The summed E-state index contributed by atoms with van der Waals surface area (Å²) in [4.78, 5) is 38.6. The van der Waals surface area contributed by atoms with Gasteiger partial charge in [-0.1, -0.05) is 6.92 Å². The highest BCUT2D eigenvalue weighted by Gasteiger charge is 2.30. The molecular formula is C22H33N5O3. The predicted octanol–water partition coefficient (Wildman–Crippen LogP) is 3.38. The number of nitrogens with zero attached hydrogens (tertiary/aromatic N) is 1. The summed E-state index contributed by atoms with van der Waals surface area (Å²) in [5.74, 6) is 0.569. The van der Waals surface area contributed by atoms with E-state index in [2.05, 4.69) is 21.3 Å². The zero-order valence-electron chi connectivity index (χ0n) is 17.9. The molecule has 2 aliphatic rings. The fourth-order valence-electron chi connectivity index (χ4n) is 3.42. The molecule has 1 saturated carbocycles. The third-order valence-electron chi connectivity index (χ3n) is 5.73. The molecule has 1 heterocycles.